The molecular formula is C22H19F2N3O4. The molecule has 1 amide bonds. The van der Waals surface area contributed by atoms with Crippen LogP contribution in [-0.4, -0.2) is 35.7 Å². The van der Waals surface area contributed by atoms with Crippen molar-refractivity contribution in [1.29, 1.82) is 0 Å². The van der Waals surface area contributed by atoms with E-state index >= 15 is 0 Å². The van der Waals surface area contributed by atoms with Crippen molar-refractivity contribution in [3.8, 4) is 17.2 Å². The molecule has 7 nitrogen and oxygen atoms in total. The van der Waals surface area contributed by atoms with Crippen LogP contribution in [0.3, 0.4) is 0 Å². The lowest BCUT2D eigenvalue weighted by atomic mass is 9.85. The van der Waals surface area contributed by atoms with Gasteiger partial charge < -0.3 is 14.8 Å². The minimum atomic E-state index is -0.883. The van der Waals surface area contributed by atoms with Gasteiger partial charge in [0.25, 0.3) is 0 Å². The van der Waals surface area contributed by atoms with E-state index in [2.05, 4.69) is 10.4 Å². The summed E-state index contributed by atoms with van der Waals surface area (Å²) in [5, 5.41) is 6.99. The van der Waals surface area contributed by atoms with Gasteiger partial charge in [0, 0.05) is 18.1 Å². The van der Waals surface area contributed by atoms with Crippen molar-refractivity contribution >= 4 is 17.5 Å². The normalized spacial score (nSPS) is 15.3. The number of nitrogens with one attached hydrogen (secondary N) is 1. The van der Waals surface area contributed by atoms with Gasteiger partial charge in [-0.25, -0.2) is 13.5 Å². The van der Waals surface area contributed by atoms with E-state index in [1.165, 1.54) is 25.0 Å². The molecule has 31 heavy (non-hydrogen) atoms. The monoisotopic (exact) mass is 427 g/mol. The smallest absolute Gasteiger partial charge is 0.226 e. The molecule has 1 aliphatic rings. The first-order chi connectivity index (χ1) is 14.8. The number of aromatic nitrogens is 2. The summed E-state index contributed by atoms with van der Waals surface area (Å²) in [7, 11) is 2.87. The quantitative estimate of drug-likeness (QED) is 0.627. The van der Waals surface area contributed by atoms with E-state index < -0.39 is 23.5 Å². The van der Waals surface area contributed by atoms with E-state index in [-0.39, 0.29) is 29.3 Å². The number of methoxy groups -OCH3 is 2. The summed E-state index contributed by atoms with van der Waals surface area (Å²) in [6.45, 7) is 1.66. The molecule has 1 aromatic heterocycles. The van der Waals surface area contributed by atoms with E-state index in [0.29, 0.717) is 22.8 Å². The van der Waals surface area contributed by atoms with Crippen LogP contribution in [0.4, 0.5) is 14.6 Å². The number of fused-ring (bicyclic) bond motifs is 1. The lowest BCUT2D eigenvalue weighted by molar-refractivity contribution is -0.116. The summed E-state index contributed by atoms with van der Waals surface area (Å²) < 4.78 is 39.6. The van der Waals surface area contributed by atoms with Crippen molar-refractivity contribution in [1.82, 2.24) is 9.78 Å². The summed E-state index contributed by atoms with van der Waals surface area (Å²) in [5.41, 5.74) is 1.06. The second-order valence-electron chi connectivity index (χ2n) is 7.06. The van der Waals surface area contributed by atoms with Crippen molar-refractivity contribution in [2.24, 2.45) is 0 Å². The maximum Gasteiger partial charge on any atom is 0.226 e. The minimum Gasteiger partial charge on any atom is -0.496 e. The number of halogens is 2. The third kappa shape index (κ3) is 3.41. The Bertz CT molecular complexity index is 1180. The number of nitrogens with zero attached hydrogens (tertiary/aromatic N) is 2. The van der Waals surface area contributed by atoms with Crippen molar-refractivity contribution in [3.63, 3.8) is 0 Å². The first-order valence-electron chi connectivity index (χ1n) is 9.45. The summed E-state index contributed by atoms with van der Waals surface area (Å²) in [4.78, 5) is 26.1. The van der Waals surface area contributed by atoms with Gasteiger partial charge in [0.2, 0.25) is 5.91 Å². The standard InChI is InChI=1S/C22H19F2N3O4/c1-11-19-13(21(29)20-16(30-2)5-4-6-17(20)31-3)10-18(28)25-22(19)27(26-11)15-8-7-12(23)9-14(15)24/h4-9,13H,10H2,1-3H3,(H,25,28)/t13-/m0/s1. The number of Topliss-reactive ketones (excluding diaryl/α,β-unsaturated/α-hetero) is 1. The van der Waals surface area contributed by atoms with Crippen LogP contribution in [-0.2, 0) is 4.79 Å². The number of aryl methyl sites for hydroxylation is 1. The van der Waals surface area contributed by atoms with Crippen LogP contribution in [0.2, 0.25) is 0 Å². The highest BCUT2D eigenvalue weighted by molar-refractivity contribution is 6.10. The highest BCUT2D eigenvalue weighted by atomic mass is 19.1. The molecule has 9 heteroatoms. The van der Waals surface area contributed by atoms with Crippen molar-refractivity contribution in [2.75, 3.05) is 19.5 Å². The van der Waals surface area contributed by atoms with E-state index in [0.717, 1.165) is 12.1 Å². The van der Waals surface area contributed by atoms with Gasteiger partial charge in [-0.1, -0.05) is 6.07 Å². The molecule has 4 rings (SSSR count). The average molecular weight is 427 g/mol. The fourth-order valence-electron chi connectivity index (χ4n) is 3.87. The largest absolute Gasteiger partial charge is 0.496 e. The zero-order valence-electron chi connectivity index (χ0n) is 17.0. The third-order valence-electron chi connectivity index (χ3n) is 5.23. The van der Waals surface area contributed by atoms with Gasteiger partial charge in [-0.05, 0) is 31.2 Å². The predicted molar refractivity (Wildman–Crippen MR) is 108 cm³/mol. The maximum atomic E-state index is 14.4. The average Bonchev–Trinajstić information content (AvgIpc) is 3.07. The molecule has 0 bridgehead atoms. The molecule has 1 atom stereocenters. The molecule has 3 aromatic rings. The van der Waals surface area contributed by atoms with E-state index in [4.69, 9.17) is 9.47 Å². The van der Waals surface area contributed by atoms with Crippen LogP contribution in [0.25, 0.3) is 5.69 Å². The lowest BCUT2D eigenvalue weighted by Crippen LogP contribution is -2.29. The number of ether oxygens (including phenoxy) is 2. The highest BCUT2D eigenvalue weighted by Gasteiger charge is 2.38. The fourth-order valence-corrected chi connectivity index (χ4v) is 3.87. The Morgan fingerprint density at radius 1 is 1.16 bits per heavy atom. The molecule has 0 radical (unpaired) electrons. The Kier molecular flexibility index (Phi) is 5.18. The number of benzene rings is 2. The van der Waals surface area contributed by atoms with Crippen molar-refractivity contribution < 1.29 is 27.8 Å². The Morgan fingerprint density at radius 2 is 1.84 bits per heavy atom. The number of carbonyl (C=O) groups excluding carboxylic acids is 2. The molecule has 0 aliphatic carbocycles. The van der Waals surface area contributed by atoms with Gasteiger partial charge in [0.05, 0.1) is 25.8 Å². The highest BCUT2D eigenvalue weighted by Crippen LogP contribution is 2.41. The van der Waals surface area contributed by atoms with Crippen LogP contribution in [0.5, 0.6) is 11.5 Å². The van der Waals surface area contributed by atoms with Gasteiger partial charge in [-0.3, -0.25) is 9.59 Å². The first kappa shape index (κ1) is 20.5. The Morgan fingerprint density at radius 3 is 2.45 bits per heavy atom. The van der Waals surface area contributed by atoms with E-state index in [9.17, 15) is 18.4 Å². The van der Waals surface area contributed by atoms with Gasteiger partial charge in [0.15, 0.2) is 11.6 Å². The second kappa shape index (κ2) is 7.82. The zero-order chi connectivity index (χ0) is 22.3. The number of carbonyl (C=O) groups is 2. The van der Waals surface area contributed by atoms with Crippen molar-refractivity contribution in [3.05, 3.63) is 64.9 Å². The first-order valence-corrected chi connectivity index (χ1v) is 9.45. The maximum absolute atomic E-state index is 14.4. The van der Waals surface area contributed by atoms with Gasteiger partial charge in [0.1, 0.15) is 34.4 Å². The van der Waals surface area contributed by atoms with Crippen LogP contribution in [0, 0.1) is 18.6 Å². The molecule has 0 saturated heterocycles. The number of hydrogen-bond acceptors (Lipinski definition) is 5. The summed E-state index contributed by atoms with van der Waals surface area (Å²) in [6, 6.07) is 7.99. The molecule has 2 heterocycles. The summed E-state index contributed by atoms with van der Waals surface area (Å²) in [5.74, 6) is -2.48. The molecule has 2 aromatic carbocycles. The molecular weight excluding hydrogens is 408 g/mol. The summed E-state index contributed by atoms with van der Waals surface area (Å²) in [6.07, 6.45) is -0.120. The van der Waals surface area contributed by atoms with Crippen LogP contribution in [0.15, 0.2) is 36.4 Å². The van der Waals surface area contributed by atoms with Gasteiger partial charge >= 0.3 is 0 Å². The number of ketones is 1. The minimum absolute atomic E-state index is 0.0472. The molecule has 160 valence electrons. The fraction of sp³-hybridized carbons (Fsp3) is 0.227. The lowest BCUT2D eigenvalue weighted by Gasteiger charge is -2.24. The van der Waals surface area contributed by atoms with Crippen LogP contribution in [0.1, 0.15) is 34.0 Å². The van der Waals surface area contributed by atoms with Crippen molar-refractivity contribution in [2.45, 2.75) is 19.3 Å². The van der Waals surface area contributed by atoms with Gasteiger partial charge in [-0.2, -0.15) is 5.10 Å². The van der Waals surface area contributed by atoms with E-state index in [1.54, 1.807) is 25.1 Å². The second-order valence-corrected chi connectivity index (χ2v) is 7.06. The SMILES string of the molecule is COc1cccc(OC)c1C(=O)[C@H]1CC(=O)Nc2c1c(C)nn2-c1ccc(F)cc1F. The number of hydrogen-bond donors (Lipinski definition) is 1. The Labute approximate surface area is 176 Å². The van der Waals surface area contributed by atoms with E-state index in [1.807, 2.05) is 0 Å². The summed E-state index contributed by atoms with van der Waals surface area (Å²) >= 11 is 0. The molecule has 1 aliphatic heterocycles. The molecule has 1 N–H and O–H groups in total. The zero-order valence-corrected chi connectivity index (χ0v) is 17.0. The molecule has 0 unspecified atom stereocenters. The Hall–Kier alpha value is -3.75. The molecule has 0 saturated carbocycles. The van der Waals surface area contributed by atoms with Crippen LogP contribution >= 0.6 is 0 Å². The Balaban J connectivity index is 1.87. The molecule has 0 spiro atoms. The van der Waals surface area contributed by atoms with Gasteiger partial charge in [-0.15, -0.1) is 0 Å². The van der Waals surface area contributed by atoms with Crippen LogP contribution < -0.4 is 14.8 Å². The molecule has 0 fully saturated rings. The predicted octanol–water partition coefficient (Wildman–Crippen LogP) is 3.78. The number of rotatable bonds is 5. The number of amides is 1. The topological polar surface area (TPSA) is 82.4 Å². The number of anilines is 1. The third-order valence-corrected chi connectivity index (χ3v) is 5.23.